The van der Waals surface area contributed by atoms with E-state index in [1.165, 1.54) is 132 Å². The maximum absolute atomic E-state index is 5.49. The fourth-order valence-corrected chi connectivity index (χ4v) is 13.2. The van der Waals surface area contributed by atoms with Crippen molar-refractivity contribution < 1.29 is 4.74 Å². The molecule has 3 saturated heterocycles. The molecule has 0 bridgehead atoms. The second-order valence-electron chi connectivity index (χ2n) is 24.8. The van der Waals surface area contributed by atoms with Gasteiger partial charge in [-0.2, -0.15) is 0 Å². The van der Waals surface area contributed by atoms with Gasteiger partial charge in [0.15, 0.2) is 34.4 Å². The lowest BCUT2D eigenvalue weighted by Crippen LogP contribution is -2.37. The number of likely N-dealkylation sites (tertiary alicyclic amines) is 2. The molecule has 9 aromatic heterocycles. The summed E-state index contributed by atoms with van der Waals surface area (Å²) in [5.74, 6) is 3.16. The number of morpholine rings is 1. The maximum atomic E-state index is 5.49. The van der Waals surface area contributed by atoms with Crippen molar-refractivity contribution >= 4 is 89.1 Å². The molecule has 0 radical (unpaired) electrons. The van der Waals surface area contributed by atoms with Gasteiger partial charge in [0.25, 0.3) is 0 Å². The number of rotatable bonds is 19. The number of pyridine rings is 3. The number of H-pyrrole nitrogens is 3. The molecule has 0 spiro atoms. The number of fused-ring (bicyclic) bond motifs is 6. The molecule has 93 heavy (non-hydrogen) atoms. The summed E-state index contributed by atoms with van der Waals surface area (Å²) in [6, 6.07) is 25.9. The fourth-order valence-electron chi connectivity index (χ4n) is 13.2. The number of imidazole rings is 3. The minimum Gasteiger partial charge on any atom is -0.379 e. The average molecular weight is 1250 g/mol. The first-order chi connectivity index (χ1) is 45.6. The molecule has 0 aliphatic carbocycles. The van der Waals surface area contributed by atoms with Crippen LogP contribution in [0.25, 0.3) is 65.8 Å². The lowest BCUT2D eigenvalue weighted by atomic mass is 10.00. The monoisotopic (exact) mass is 1250 g/mol. The number of piperidine rings is 1. The van der Waals surface area contributed by atoms with Crippen molar-refractivity contribution in [2.45, 2.75) is 105 Å². The van der Waals surface area contributed by atoms with Gasteiger partial charge in [0.1, 0.15) is 41.3 Å². The van der Waals surface area contributed by atoms with Crippen LogP contribution in [0, 0.1) is 20.8 Å². The molecule has 3 aromatic carbocycles. The van der Waals surface area contributed by atoms with E-state index in [0.29, 0.717) is 16.9 Å². The van der Waals surface area contributed by atoms with E-state index < -0.39 is 0 Å². The highest BCUT2D eigenvalue weighted by atomic mass is 16.5. The third-order valence-electron chi connectivity index (χ3n) is 18.3. The van der Waals surface area contributed by atoms with Crippen LogP contribution in [0.15, 0.2) is 111 Å². The Morgan fingerprint density at radius 1 is 0.430 bits per heavy atom. The van der Waals surface area contributed by atoms with Crippen LogP contribution < -0.4 is 21.3 Å². The zero-order chi connectivity index (χ0) is 63.6. The van der Waals surface area contributed by atoms with Crippen LogP contribution in [-0.4, -0.2) is 168 Å². The number of aromatic nitrogens is 15. The smallest absolute Gasteiger partial charge is 0.182 e. The lowest BCUT2D eigenvalue weighted by Gasteiger charge is -2.26. The van der Waals surface area contributed by atoms with E-state index in [4.69, 9.17) is 19.7 Å². The van der Waals surface area contributed by atoms with E-state index in [2.05, 4.69) is 210 Å². The van der Waals surface area contributed by atoms with Gasteiger partial charge in [0, 0.05) is 68.3 Å². The average Bonchev–Trinajstić information content (AvgIpc) is 1.62. The van der Waals surface area contributed by atoms with Gasteiger partial charge in [-0.1, -0.05) is 61.0 Å². The zero-order valence-corrected chi connectivity index (χ0v) is 54.2. The van der Waals surface area contributed by atoms with Gasteiger partial charge in [-0.3, -0.25) is 14.9 Å². The summed E-state index contributed by atoms with van der Waals surface area (Å²) >= 11 is 0. The molecule has 0 saturated carbocycles. The van der Waals surface area contributed by atoms with Crippen molar-refractivity contribution in [3.05, 3.63) is 156 Å². The molecule has 23 nitrogen and oxygen atoms in total. The number of hydrogen-bond donors (Lipinski definition) is 7. The number of ether oxygens (including phenoxy) is 1. The zero-order valence-electron chi connectivity index (χ0n) is 54.2. The minimum absolute atomic E-state index is 0.00171. The summed E-state index contributed by atoms with van der Waals surface area (Å²) in [5, 5.41) is 21.5. The number of benzene rings is 3. The Morgan fingerprint density at radius 3 is 1.27 bits per heavy atom. The Kier molecular flexibility index (Phi) is 19.5. The molecule has 3 atom stereocenters. The van der Waals surface area contributed by atoms with Gasteiger partial charge in [-0.05, 0) is 144 Å². The first-order valence-electron chi connectivity index (χ1n) is 33.0. The Bertz CT molecular complexity index is 4490. The van der Waals surface area contributed by atoms with Crippen LogP contribution in [-0.2, 0) is 17.6 Å². The highest BCUT2D eigenvalue weighted by Gasteiger charge is 2.22. The van der Waals surface area contributed by atoms with E-state index in [0.717, 1.165) is 128 Å². The molecule has 3 aliphatic heterocycles. The highest BCUT2D eigenvalue weighted by molar-refractivity contribution is 5.95. The van der Waals surface area contributed by atoms with Crippen LogP contribution in [0.1, 0.15) is 116 Å². The molecule has 480 valence electrons. The largest absolute Gasteiger partial charge is 0.379 e. The minimum atomic E-state index is -0.0380. The van der Waals surface area contributed by atoms with Crippen LogP contribution in [0.3, 0.4) is 0 Å². The molecule has 3 fully saturated rings. The topological polar surface area (TPSA) is 269 Å². The number of nitrogens with zero attached hydrogens (tertiary/aromatic N) is 15. The summed E-state index contributed by atoms with van der Waals surface area (Å²) in [7, 11) is 0. The third-order valence-corrected chi connectivity index (χ3v) is 18.3. The van der Waals surface area contributed by atoms with Crippen LogP contribution in [0.2, 0.25) is 0 Å². The highest BCUT2D eigenvalue weighted by Crippen LogP contribution is 2.33. The molecule has 0 amide bonds. The van der Waals surface area contributed by atoms with E-state index in [1.54, 1.807) is 19.0 Å². The predicted octanol–water partition coefficient (Wildman–Crippen LogP) is 11.6. The number of hydrogen-bond acceptors (Lipinski definition) is 20. The van der Waals surface area contributed by atoms with E-state index >= 15 is 0 Å². The molecule has 3 unspecified atom stereocenters. The number of aryl methyl sites for hydroxylation is 3. The molecule has 23 heteroatoms. The van der Waals surface area contributed by atoms with Gasteiger partial charge in [-0.15, -0.1) is 0 Å². The molecule has 15 rings (SSSR count). The van der Waals surface area contributed by atoms with Crippen molar-refractivity contribution in [3.63, 3.8) is 0 Å². The predicted molar refractivity (Wildman–Crippen MR) is 370 cm³/mol. The Morgan fingerprint density at radius 2 is 0.817 bits per heavy atom. The van der Waals surface area contributed by atoms with Gasteiger partial charge in [0.2, 0.25) is 0 Å². The molecule has 7 N–H and O–H groups in total. The Hall–Kier alpha value is -9.42. The molecular weight excluding hydrogens is 1160 g/mol. The number of aromatic amines is 3. The van der Waals surface area contributed by atoms with E-state index in [-0.39, 0.29) is 18.1 Å². The van der Waals surface area contributed by atoms with Crippen LogP contribution >= 0.6 is 0 Å². The second-order valence-corrected chi connectivity index (χ2v) is 24.8. The van der Waals surface area contributed by atoms with Crippen molar-refractivity contribution in [1.29, 1.82) is 0 Å². The molecular formula is C70H84N22O. The normalized spacial score (nSPS) is 15.9. The van der Waals surface area contributed by atoms with E-state index in [9.17, 15) is 0 Å². The number of nitrogens with one attached hydrogen (secondary N) is 7. The quantitative estimate of drug-likeness (QED) is 0.0396. The standard InChI is InChI=1S/C24H30N8.C23H27N7O.C23H27N7/c1-16-7-6-8-18-13-19(17(2)30-24-21-23(27-14-26-21)28-15-29-24)31-22(20(16)18)25-9-12-32-10-4-3-5-11-32;1-15-4-3-5-17-12-19(16(2)28-23-21-22(25-13-24-21)26-14-27-23)29-18(20(15)17)6-7-30-8-10-31-11-9-30;1-15-6-5-7-17-12-19(29-18(20(15)17)8-11-30-9-3-4-10-30)16(2)28-23-21-22(25-13-24-21)26-14-27-23/h6-8,13-15,17H,3-5,9-12H2,1-2H3,(H,25,31)(H2,26,27,28,29,30);3-5,12-14,16H,6-11H2,1-2H3,(H2,24,25,26,27,28);5-7,12-14,16H,3-4,8-11H2,1-2H3,(H2,24,25,26,27,28). The SMILES string of the molecule is Cc1cccc2cc(C(C)Nc3ncnc4nc[nH]c34)nc(CCN3CCCC3)c12.Cc1cccc2cc(C(C)Nc3ncnc4nc[nH]c34)nc(CCN3CCOCC3)c12.Cc1cccc2cc(C(C)Nc3ncnc4nc[nH]c34)nc(NCCN3CCCCC3)c12. The third kappa shape index (κ3) is 14.6. The van der Waals surface area contributed by atoms with Crippen molar-refractivity contribution in [2.75, 3.05) is 99.9 Å². The molecule has 12 aromatic rings. The van der Waals surface area contributed by atoms with Gasteiger partial charge in [0.05, 0.1) is 78.8 Å². The van der Waals surface area contributed by atoms with Crippen molar-refractivity contribution in [1.82, 2.24) is 89.5 Å². The fraction of sp³-hybridized carbons (Fsp3) is 0.400. The van der Waals surface area contributed by atoms with E-state index in [1.807, 2.05) is 0 Å². The van der Waals surface area contributed by atoms with Crippen molar-refractivity contribution in [3.8, 4) is 0 Å². The summed E-state index contributed by atoms with van der Waals surface area (Å²) in [4.78, 5) is 70.7. The van der Waals surface area contributed by atoms with Crippen molar-refractivity contribution in [2.24, 2.45) is 0 Å². The first-order valence-corrected chi connectivity index (χ1v) is 33.0. The maximum Gasteiger partial charge on any atom is 0.182 e. The van der Waals surface area contributed by atoms with Gasteiger partial charge in [-0.25, -0.2) is 49.8 Å². The Balaban J connectivity index is 0.000000127. The van der Waals surface area contributed by atoms with Gasteiger partial charge < -0.3 is 50.8 Å². The summed E-state index contributed by atoms with van der Waals surface area (Å²) < 4.78 is 5.49. The molecule has 3 aliphatic rings. The Labute approximate surface area is 541 Å². The lowest BCUT2D eigenvalue weighted by molar-refractivity contribution is 0.0384. The number of anilines is 4. The summed E-state index contributed by atoms with van der Waals surface area (Å²) in [6.45, 7) is 25.3. The second kappa shape index (κ2) is 29.0. The molecule has 12 heterocycles. The van der Waals surface area contributed by atoms with Gasteiger partial charge >= 0.3 is 0 Å². The van der Waals surface area contributed by atoms with Crippen LogP contribution in [0.5, 0.6) is 0 Å². The van der Waals surface area contributed by atoms with Crippen LogP contribution in [0.4, 0.5) is 23.3 Å². The first kappa shape index (κ1) is 62.4. The summed E-state index contributed by atoms with van der Waals surface area (Å²) in [5.41, 5.74) is 13.5. The summed E-state index contributed by atoms with van der Waals surface area (Å²) in [6.07, 6.45) is 18.0.